The number of piperidine rings is 1. The van der Waals surface area contributed by atoms with Crippen LogP contribution >= 0.6 is 0 Å². The maximum Gasteiger partial charge on any atom is 0.257 e. The molecule has 1 aromatic carbocycles. The zero-order valence-electron chi connectivity index (χ0n) is 14.6. The number of ether oxygens (including phenoxy) is 1. The standard InChI is InChI=1S/C19H24N4O2/c1-25-18-17(20-15-8-2-3-9-16(15)21-18)23-12-6-7-14(13-23)19(24)22-10-4-5-11-22/h2-3,8-9,14H,4-7,10-13H2,1H3/t14-/m1/s1. The number of nitrogens with zero attached hydrogens (tertiary/aromatic N) is 4. The van der Waals surface area contributed by atoms with Crippen molar-refractivity contribution in [2.45, 2.75) is 25.7 Å². The normalized spacial score (nSPS) is 20.9. The Bertz CT molecular complexity index is 773. The number of likely N-dealkylation sites (tertiary alicyclic amines) is 1. The minimum absolute atomic E-state index is 0.0461. The number of hydrogen-bond acceptors (Lipinski definition) is 5. The van der Waals surface area contributed by atoms with Crippen LogP contribution in [0.15, 0.2) is 24.3 Å². The van der Waals surface area contributed by atoms with E-state index in [9.17, 15) is 4.79 Å². The predicted molar refractivity (Wildman–Crippen MR) is 96.8 cm³/mol. The molecule has 132 valence electrons. The van der Waals surface area contributed by atoms with Crippen molar-refractivity contribution in [1.82, 2.24) is 14.9 Å². The van der Waals surface area contributed by atoms with Gasteiger partial charge in [0.15, 0.2) is 5.82 Å². The van der Waals surface area contributed by atoms with Crippen molar-refractivity contribution in [1.29, 1.82) is 0 Å². The highest BCUT2D eigenvalue weighted by Crippen LogP contribution is 2.31. The van der Waals surface area contributed by atoms with E-state index in [4.69, 9.17) is 9.72 Å². The van der Waals surface area contributed by atoms with Gasteiger partial charge < -0.3 is 14.5 Å². The Morgan fingerprint density at radius 1 is 1.08 bits per heavy atom. The highest BCUT2D eigenvalue weighted by atomic mass is 16.5. The number of carbonyl (C=O) groups excluding carboxylic acids is 1. The number of para-hydroxylation sites is 2. The minimum atomic E-state index is 0.0461. The molecule has 0 radical (unpaired) electrons. The van der Waals surface area contributed by atoms with Gasteiger partial charge in [-0.1, -0.05) is 12.1 Å². The quantitative estimate of drug-likeness (QED) is 0.859. The molecule has 2 saturated heterocycles. The molecule has 2 aliphatic heterocycles. The van der Waals surface area contributed by atoms with Gasteiger partial charge in [0, 0.05) is 26.2 Å². The average molecular weight is 340 g/mol. The zero-order valence-corrected chi connectivity index (χ0v) is 14.6. The van der Waals surface area contributed by atoms with Crippen molar-refractivity contribution < 1.29 is 9.53 Å². The lowest BCUT2D eigenvalue weighted by molar-refractivity contribution is -0.134. The monoisotopic (exact) mass is 340 g/mol. The molecule has 0 aliphatic carbocycles. The molecule has 0 unspecified atom stereocenters. The lowest BCUT2D eigenvalue weighted by Crippen LogP contribution is -2.44. The third kappa shape index (κ3) is 3.13. The Kier molecular flexibility index (Phi) is 4.42. The lowest BCUT2D eigenvalue weighted by Gasteiger charge is -2.34. The van der Waals surface area contributed by atoms with Crippen molar-refractivity contribution in [2.75, 3.05) is 38.2 Å². The van der Waals surface area contributed by atoms with Gasteiger partial charge in [-0.2, -0.15) is 0 Å². The van der Waals surface area contributed by atoms with Crippen LogP contribution in [0.25, 0.3) is 11.0 Å². The van der Waals surface area contributed by atoms with Crippen LogP contribution in [0.3, 0.4) is 0 Å². The number of hydrogen-bond donors (Lipinski definition) is 0. The second-order valence-electron chi connectivity index (χ2n) is 6.86. The molecule has 6 heteroatoms. The summed E-state index contributed by atoms with van der Waals surface area (Å²) in [6.45, 7) is 3.40. The van der Waals surface area contributed by atoms with E-state index in [1.54, 1.807) is 7.11 Å². The first-order chi connectivity index (χ1) is 12.3. The SMILES string of the molecule is COc1nc2ccccc2nc1N1CCC[C@@H](C(=O)N2CCCC2)C1. The van der Waals surface area contributed by atoms with Gasteiger partial charge in [0.2, 0.25) is 5.91 Å². The van der Waals surface area contributed by atoms with Crippen LogP contribution in [0.5, 0.6) is 5.88 Å². The molecule has 0 saturated carbocycles. The van der Waals surface area contributed by atoms with Crippen LogP contribution in [0.4, 0.5) is 5.82 Å². The van der Waals surface area contributed by atoms with Gasteiger partial charge >= 0.3 is 0 Å². The molecule has 2 fully saturated rings. The molecule has 0 bridgehead atoms. The van der Waals surface area contributed by atoms with Gasteiger partial charge in [-0.05, 0) is 37.8 Å². The molecule has 25 heavy (non-hydrogen) atoms. The van der Waals surface area contributed by atoms with Gasteiger partial charge in [-0.25, -0.2) is 9.97 Å². The highest BCUT2D eigenvalue weighted by Gasteiger charge is 2.32. The van der Waals surface area contributed by atoms with Crippen LogP contribution in [0.1, 0.15) is 25.7 Å². The summed E-state index contributed by atoms with van der Waals surface area (Å²) < 4.78 is 5.49. The van der Waals surface area contributed by atoms with E-state index in [0.717, 1.165) is 62.2 Å². The number of anilines is 1. The van der Waals surface area contributed by atoms with Gasteiger partial charge in [0.05, 0.1) is 24.1 Å². The summed E-state index contributed by atoms with van der Waals surface area (Å²) in [7, 11) is 1.62. The molecule has 0 N–H and O–H groups in total. The summed E-state index contributed by atoms with van der Waals surface area (Å²) in [6, 6.07) is 7.80. The Hall–Kier alpha value is -2.37. The predicted octanol–water partition coefficient (Wildman–Crippen LogP) is 2.48. The number of carbonyl (C=O) groups is 1. The van der Waals surface area contributed by atoms with E-state index in [2.05, 4.69) is 9.88 Å². The fourth-order valence-corrected chi connectivity index (χ4v) is 3.88. The molecule has 2 aromatic rings. The number of benzene rings is 1. The Labute approximate surface area is 147 Å². The van der Waals surface area contributed by atoms with E-state index in [1.807, 2.05) is 29.2 Å². The second-order valence-corrected chi connectivity index (χ2v) is 6.86. The maximum absolute atomic E-state index is 12.8. The Morgan fingerprint density at radius 3 is 2.52 bits per heavy atom. The summed E-state index contributed by atoms with van der Waals surface area (Å²) >= 11 is 0. The zero-order chi connectivity index (χ0) is 17.2. The fraction of sp³-hybridized carbons (Fsp3) is 0.526. The molecule has 4 rings (SSSR count). The van der Waals surface area contributed by atoms with Crippen molar-refractivity contribution in [3.8, 4) is 5.88 Å². The molecule has 3 heterocycles. The second kappa shape index (κ2) is 6.86. The number of rotatable bonds is 3. The summed E-state index contributed by atoms with van der Waals surface area (Å²) in [6.07, 6.45) is 4.20. The Morgan fingerprint density at radius 2 is 1.80 bits per heavy atom. The van der Waals surface area contributed by atoms with Crippen molar-refractivity contribution >= 4 is 22.8 Å². The first-order valence-corrected chi connectivity index (χ1v) is 9.11. The Balaban J connectivity index is 1.60. The number of amides is 1. The third-order valence-electron chi connectivity index (χ3n) is 5.20. The van der Waals surface area contributed by atoms with Crippen LogP contribution in [-0.2, 0) is 4.79 Å². The van der Waals surface area contributed by atoms with Crippen LogP contribution in [0.2, 0.25) is 0 Å². The van der Waals surface area contributed by atoms with E-state index in [0.29, 0.717) is 18.3 Å². The van der Waals surface area contributed by atoms with Crippen molar-refractivity contribution in [3.05, 3.63) is 24.3 Å². The van der Waals surface area contributed by atoms with E-state index in [-0.39, 0.29) is 5.92 Å². The van der Waals surface area contributed by atoms with Gasteiger partial charge in [-0.3, -0.25) is 4.79 Å². The molecule has 1 aromatic heterocycles. The molecule has 0 spiro atoms. The summed E-state index contributed by atoms with van der Waals surface area (Å²) in [5, 5.41) is 0. The lowest BCUT2D eigenvalue weighted by atomic mass is 9.96. The van der Waals surface area contributed by atoms with E-state index < -0.39 is 0 Å². The third-order valence-corrected chi connectivity index (χ3v) is 5.20. The molecular formula is C19H24N4O2. The topological polar surface area (TPSA) is 58.6 Å². The maximum atomic E-state index is 12.8. The fourth-order valence-electron chi connectivity index (χ4n) is 3.88. The van der Waals surface area contributed by atoms with Crippen LogP contribution < -0.4 is 9.64 Å². The van der Waals surface area contributed by atoms with Crippen molar-refractivity contribution in [2.24, 2.45) is 5.92 Å². The largest absolute Gasteiger partial charge is 0.478 e. The summed E-state index contributed by atoms with van der Waals surface area (Å²) in [5.41, 5.74) is 1.68. The summed E-state index contributed by atoms with van der Waals surface area (Å²) in [5.74, 6) is 1.63. The van der Waals surface area contributed by atoms with E-state index >= 15 is 0 Å². The first kappa shape index (κ1) is 16.1. The molecule has 6 nitrogen and oxygen atoms in total. The van der Waals surface area contributed by atoms with Gasteiger partial charge in [-0.15, -0.1) is 0 Å². The number of fused-ring (bicyclic) bond motifs is 1. The van der Waals surface area contributed by atoms with Crippen LogP contribution in [0, 0.1) is 5.92 Å². The molecule has 1 amide bonds. The average Bonchev–Trinajstić information content (AvgIpc) is 3.21. The number of methoxy groups -OCH3 is 1. The smallest absolute Gasteiger partial charge is 0.257 e. The van der Waals surface area contributed by atoms with Gasteiger partial charge in [0.1, 0.15) is 0 Å². The van der Waals surface area contributed by atoms with E-state index in [1.165, 1.54) is 0 Å². The minimum Gasteiger partial charge on any atom is -0.478 e. The first-order valence-electron chi connectivity index (χ1n) is 9.11. The highest BCUT2D eigenvalue weighted by molar-refractivity contribution is 5.81. The molecular weight excluding hydrogens is 316 g/mol. The van der Waals surface area contributed by atoms with Gasteiger partial charge in [0.25, 0.3) is 5.88 Å². The summed E-state index contributed by atoms with van der Waals surface area (Å²) in [4.78, 5) is 26.3. The molecule has 1 atom stereocenters. The number of aromatic nitrogens is 2. The van der Waals surface area contributed by atoms with Crippen molar-refractivity contribution in [3.63, 3.8) is 0 Å². The molecule has 2 aliphatic rings. The van der Waals surface area contributed by atoms with Crippen LogP contribution in [-0.4, -0.2) is 54.1 Å².